The van der Waals surface area contributed by atoms with Crippen LogP contribution in [0.5, 0.6) is 0 Å². The number of hydrazine groups is 1. The monoisotopic (exact) mass is 232 g/mol. The van der Waals surface area contributed by atoms with E-state index < -0.39 is 0 Å². The van der Waals surface area contributed by atoms with E-state index in [1.54, 1.807) is 30.9 Å². The molecule has 6 nitrogen and oxygen atoms in total. The topological polar surface area (TPSA) is 93.2 Å². The standard InChI is InChI=1S/C11H12N4O2/c12-15-10-1-3-13-6-9(10)11(16)14-5-8-2-4-17-7-8/h1-4,6-7H,5,12H2,(H,13,15)(H,14,16). The molecule has 0 unspecified atom stereocenters. The number of hydrogen-bond acceptors (Lipinski definition) is 5. The second kappa shape index (κ2) is 5.13. The number of carbonyl (C=O) groups is 1. The van der Waals surface area contributed by atoms with Gasteiger partial charge in [0.15, 0.2) is 0 Å². The Bertz CT molecular complexity index is 496. The van der Waals surface area contributed by atoms with E-state index in [1.165, 1.54) is 6.20 Å². The number of amides is 1. The molecule has 0 aliphatic rings. The number of nitrogens with zero attached hydrogens (tertiary/aromatic N) is 1. The van der Waals surface area contributed by atoms with Crippen LogP contribution in [0.2, 0.25) is 0 Å². The zero-order chi connectivity index (χ0) is 12.1. The first-order valence-corrected chi connectivity index (χ1v) is 5.01. The molecule has 0 spiro atoms. The van der Waals surface area contributed by atoms with Crippen molar-refractivity contribution in [2.45, 2.75) is 6.54 Å². The van der Waals surface area contributed by atoms with E-state index in [0.29, 0.717) is 17.8 Å². The van der Waals surface area contributed by atoms with E-state index in [1.807, 2.05) is 0 Å². The van der Waals surface area contributed by atoms with Gasteiger partial charge in [-0.05, 0) is 12.1 Å². The lowest BCUT2D eigenvalue weighted by atomic mass is 10.2. The van der Waals surface area contributed by atoms with Crippen LogP contribution in [0.25, 0.3) is 0 Å². The van der Waals surface area contributed by atoms with E-state index in [-0.39, 0.29) is 5.91 Å². The van der Waals surface area contributed by atoms with Crippen molar-refractivity contribution in [3.05, 3.63) is 48.2 Å². The lowest BCUT2D eigenvalue weighted by molar-refractivity contribution is 0.0951. The summed E-state index contributed by atoms with van der Waals surface area (Å²) in [4.78, 5) is 15.7. The smallest absolute Gasteiger partial charge is 0.255 e. The average Bonchev–Trinajstić information content (AvgIpc) is 2.89. The fourth-order valence-electron chi connectivity index (χ4n) is 1.37. The van der Waals surface area contributed by atoms with Crippen LogP contribution < -0.4 is 16.6 Å². The molecule has 1 amide bonds. The third-order valence-corrected chi connectivity index (χ3v) is 2.25. The highest BCUT2D eigenvalue weighted by Gasteiger charge is 2.10. The van der Waals surface area contributed by atoms with E-state index in [0.717, 1.165) is 5.56 Å². The van der Waals surface area contributed by atoms with E-state index >= 15 is 0 Å². The summed E-state index contributed by atoms with van der Waals surface area (Å²) in [6.07, 6.45) is 6.14. The molecule has 88 valence electrons. The van der Waals surface area contributed by atoms with Crippen molar-refractivity contribution < 1.29 is 9.21 Å². The van der Waals surface area contributed by atoms with Crippen molar-refractivity contribution in [3.8, 4) is 0 Å². The van der Waals surface area contributed by atoms with Crippen molar-refractivity contribution in [2.75, 3.05) is 5.43 Å². The first-order valence-electron chi connectivity index (χ1n) is 5.01. The number of hydrogen-bond donors (Lipinski definition) is 3. The molecule has 6 heteroatoms. The Balaban J connectivity index is 2.04. The Morgan fingerprint density at radius 3 is 3.06 bits per heavy atom. The molecule has 4 N–H and O–H groups in total. The van der Waals surface area contributed by atoms with Crippen LogP contribution in [0.4, 0.5) is 5.69 Å². The van der Waals surface area contributed by atoms with Gasteiger partial charge in [0.05, 0.1) is 23.8 Å². The number of nitrogen functional groups attached to an aromatic ring is 1. The summed E-state index contributed by atoms with van der Waals surface area (Å²) >= 11 is 0. The first kappa shape index (κ1) is 11.2. The highest BCUT2D eigenvalue weighted by Crippen LogP contribution is 2.11. The minimum absolute atomic E-state index is 0.243. The fourth-order valence-corrected chi connectivity index (χ4v) is 1.37. The van der Waals surface area contributed by atoms with Crippen molar-refractivity contribution in [1.29, 1.82) is 0 Å². The van der Waals surface area contributed by atoms with Crippen molar-refractivity contribution in [1.82, 2.24) is 10.3 Å². The molecule has 17 heavy (non-hydrogen) atoms. The zero-order valence-corrected chi connectivity index (χ0v) is 9.01. The molecule has 0 radical (unpaired) electrons. The van der Waals surface area contributed by atoms with Crippen LogP contribution in [-0.2, 0) is 6.54 Å². The summed E-state index contributed by atoms with van der Waals surface area (Å²) in [5.41, 5.74) is 4.28. The Hall–Kier alpha value is -2.34. The van der Waals surface area contributed by atoms with Gasteiger partial charge in [-0.15, -0.1) is 0 Å². The van der Waals surface area contributed by atoms with Crippen LogP contribution >= 0.6 is 0 Å². The minimum Gasteiger partial charge on any atom is -0.472 e. The van der Waals surface area contributed by atoms with Crippen LogP contribution in [0.15, 0.2) is 41.5 Å². The van der Waals surface area contributed by atoms with Gasteiger partial charge < -0.3 is 15.2 Å². The quantitative estimate of drug-likeness (QED) is 0.537. The number of rotatable bonds is 4. The van der Waals surface area contributed by atoms with Gasteiger partial charge in [0.1, 0.15) is 0 Å². The third kappa shape index (κ3) is 2.61. The Labute approximate surface area is 97.8 Å². The van der Waals surface area contributed by atoms with Crippen molar-refractivity contribution in [3.63, 3.8) is 0 Å². The van der Waals surface area contributed by atoms with Crippen LogP contribution in [0, 0.1) is 0 Å². The maximum Gasteiger partial charge on any atom is 0.255 e. The molecule has 0 atom stereocenters. The second-order valence-electron chi connectivity index (χ2n) is 3.38. The van der Waals surface area contributed by atoms with Gasteiger partial charge in [-0.25, -0.2) is 0 Å². The van der Waals surface area contributed by atoms with E-state index in [2.05, 4.69) is 15.7 Å². The Kier molecular flexibility index (Phi) is 3.37. The maximum atomic E-state index is 11.8. The van der Waals surface area contributed by atoms with E-state index in [4.69, 9.17) is 10.3 Å². The summed E-state index contributed by atoms with van der Waals surface area (Å²) in [6, 6.07) is 3.42. The molecule has 2 aromatic heterocycles. The normalized spacial score (nSPS) is 9.94. The molecule has 0 saturated carbocycles. The van der Waals surface area contributed by atoms with Gasteiger partial charge in [-0.3, -0.25) is 15.6 Å². The van der Waals surface area contributed by atoms with Gasteiger partial charge >= 0.3 is 0 Å². The summed E-state index contributed by atoms with van der Waals surface area (Å²) in [7, 11) is 0. The van der Waals surface area contributed by atoms with Crippen molar-refractivity contribution in [2.24, 2.45) is 5.84 Å². The predicted octanol–water partition coefficient (Wildman–Crippen LogP) is 0.890. The SMILES string of the molecule is NNc1ccncc1C(=O)NCc1ccoc1. The highest BCUT2D eigenvalue weighted by molar-refractivity contribution is 5.99. The van der Waals surface area contributed by atoms with Gasteiger partial charge in [0.25, 0.3) is 5.91 Å². The summed E-state index contributed by atoms with van der Waals surface area (Å²) in [6.45, 7) is 0.397. The molecule has 0 fully saturated rings. The number of aromatic nitrogens is 1. The molecule has 2 aromatic rings. The number of carbonyl (C=O) groups excluding carboxylic acids is 1. The lowest BCUT2D eigenvalue weighted by Crippen LogP contribution is -2.24. The minimum atomic E-state index is -0.243. The predicted molar refractivity (Wildman–Crippen MR) is 61.9 cm³/mol. The second-order valence-corrected chi connectivity index (χ2v) is 3.38. The molecule has 0 aliphatic carbocycles. The highest BCUT2D eigenvalue weighted by atomic mass is 16.3. The van der Waals surface area contributed by atoms with Crippen molar-refractivity contribution >= 4 is 11.6 Å². The third-order valence-electron chi connectivity index (χ3n) is 2.25. The van der Waals surface area contributed by atoms with E-state index in [9.17, 15) is 4.79 Å². The van der Waals surface area contributed by atoms with Gasteiger partial charge in [-0.2, -0.15) is 0 Å². The molecule has 2 rings (SSSR count). The largest absolute Gasteiger partial charge is 0.472 e. The van der Waals surface area contributed by atoms with Gasteiger partial charge in [0, 0.05) is 24.5 Å². The number of anilines is 1. The molecule has 2 heterocycles. The maximum absolute atomic E-state index is 11.8. The molecule has 0 aliphatic heterocycles. The summed E-state index contributed by atoms with van der Waals surface area (Å²) < 4.78 is 4.90. The molecule has 0 bridgehead atoms. The van der Waals surface area contributed by atoms with Crippen LogP contribution in [0.3, 0.4) is 0 Å². The van der Waals surface area contributed by atoms with Crippen LogP contribution in [-0.4, -0.2) is 10.9 Å². The fraction of sp³-hybridized carbons (Fsp3) is 0.0909. The summed E-state index contributed by atoms with van der Waals surface area (Å²) in [5, 5.41) is 2.74. The van der Waals surface area contributed by atoms with Gasteiger partial charge in [0.2, 0.25) is 0 Å². The lowest BCUT2D eigenvalue weighted by Gasteiger charge is -2.07. The number of nitrogens with one attached hydrogen (secondary N) is 2. The molecule has 0 aromatic carbocycles. The Morgan fingerprint density at radius 1 is 1.47 bits per heavy atom. The number of pyridine rings is 1. The number of furan rings is 1. The molecular weight excluding hydrogens is 220 g/mol. The molecular formula is C11H12N4O2. The summed E-state index contributed by atoms with van der Waals surface area (Å²) in [5.74, 6) is 5.06. The molecule has 0 saturated heterocycles. The number of nitrogens with two attached hydrogens (primary N) is 1. The zero-order valence-electron chi connectivity index (χ0n) is 9.01. The van der Waals surface area contributed by atoms with Crippen LogP contribution in [0.1, 0.15) is 15.9 Å². The Morgan fingerprint density at radius 2 is 2.35 bits per heavy atom. The first-order chi connectivity index (χ1) is 8.31. The average molecular weight is 232 g/mol. The van der Waals surface area contributed by atoms with Gasteiger partial charge in [-0.1, -0.05) is 0 Å².